The normalized spacial score (nSPS) is 25.3. The van der Waals surface area contributed by atoms with Gasteiger partial charge in [-0.25, -0.2) is 23.8 Å². The number of halogens is 1. The highest BCUT2D eigenvalue weighted by atomic mass is 19.1. The van der Waals surface area contributed by atoms with E-state index < -0.39 is 59.5 Å². The van der Waals surface area contributed by atoms with Crippen molar-refractivity contribution in [2.75, 3.05) is 19.6 Å². The second-order valence-corrected chi connectivity index (χ2v) is 12.5. The van der Waals surface area contributed by atoms with E-state index in [4.69, 9.17) is 4.74 Å². The fraction of sp³-hybridized carbons (Fsp3) is 0.600. The molecule has 0 bridgehead atoms. The number of fused-ring (bicyclic) bond motifs is 1. The number of carbonyl (C=O) groups is 4. The minimum Gasteiger partial charge on any atom is -0.479 e. The van der Waals surface area contributed by atoms with Crippen LogP contribution in [0.5, 0.6) is 0 Å². The number of urea groups is 1. The number of benzene rings is 1. The summed E-state index contributed by atoms with van der Waals surface area (Å²) in [5, 5.41) is 26.6. The summed E-state index contributed by atoms with van der Waals surface area (Å²) in [5.74, 6) is -2.60. The van der Waals surface area contributed by atoms with Gasteiger partial charge in [-0.1, -0.05) is 45.9 Å². The molecule has 1 aromatic carbocycles. The molecule has 1 aliphatic carbocycles. The number of carboxylic acids is 1. The Morgan fingerprint density at radius 1 is 1.23 bits per heavy atom. The Bertz CT molecular complexity index is 1260. The fourth-order valence-electron chi connectivity index (χ4n) is 5.80. The summed E-state index contributed by atoms with van der Waals surface area (Å²) in [4.78, 5) is 54.5. The van der Waals surface area contributed by atoms with Crippen LogP contribution in [0.1, 0.15) is 51.7 Å². The number of amides is 4. The van der Waals surface area contributed by atoms with Crippen molar-refractivity contribution >= 4 is 24.0 Å². The monoisotopic (exact) mass is 603 g/mol. The Kier molecular flexibility index (Phi) is 9.65. The molecule has 3 aliphatic rings. The largest absolute Gasteiger partial charge is 0.479 e. The van der Waals surface area contributed by atoms with E-state index >= 15 is 0 Å². The summed E-state index contributed by atoms with van der Waals surface area (Å²) < 4.78 is 20.0. The number of carboxylic acid groups (broad SMARTS) is 1. The fourth-order valence-corrected chi connectivity index (χ4v) is 5.80. The first-order valence-corrected chi connectivity index (χ1v) is 14.7. The molecule has 236 valence electrons. The van der Waals surface area contributed by atoms with E-state index in [9.17, 15) is 33.9 Å². The number of rotatable bonds is 11. The molecule has 43 heavy (non-hydrogen) atoms. The lowest BCUT2D eigenvalue weighted by atomic mass is 10.0. The molecule has 13 heteroatoms. The number of hydroxylamine groups is 2. The molecule has 1 saturated heterocycles. The van der Waals surface area contributed by atoms with Crippen LogP contribution in [0.3, 0.4) is 0 Å². The molecule has 12 nitrogen and oxygen atoms in total. The molecule has 0 radical (unpaired) electrons. The maximum Gasteiger partial charge on any atom is 0.410 e. The summed E-state index contributed by atoms with van der Waals surface area (Å²) in [6.45, 7) is 11.9. The van der Waals surface area contributed by atoms with Crippen molar-refractivity contribution in [2.24, 2.45) is 17.8 Å². The second-order valence-electron chi connectivity index (χ2n) is 12.5. The number of ether oxygens (including phenoxy) is 1. The van der Waals surface area contributed by atoms with Gasteiger partial charge in [0, 0.05) is 44.1 Å². The van der Waals surface area contributed by atoms with Gasteiger partial charge in [-0.05, 0) is 29.9 Å². The summed E-state index contributed by atoms with van der Waals surface area (Å²) >= 11 is 0. The molecule has 4 amide bonds. The second kappa shape index (κ2) is 12.9. The van der Waals surface area contributed by atoms with Gasteiger partial charge < -0.3 is 20.5 Å². The highest BCUT2D eigenvalue weighted by Crippen LogP contribution is 2.45. The van der Waals surface area contributed by atoms with Gasteiger partial charge in [-0.15, -0.1) is 6.58 Å². The van der Waals surface area contributed by atoms with Gasteiger partial charge in [0.2, 0.25) is 5.91 Å². The van der Waals surface area contributed by atoms with Crippen molar-refractivity contribution in [3.8, 4) is 0 Å². The Morgan fingerprint density at radius 2 is 1.95 bits per heavy atom. The predicted octanol–water partition coefficient (Wildman–Crippen LogP) is 2.95. The van der Waals surface area contributed by atoms with Crippen LogP contribution in [-0.2, 0) is 27.4 Å². The topological polar surface area (TPSA) is 152 Å². The Morgan fingerprint density at radius 3 is 2.53 bits per heavy atom. The molecular weight excluding hydrogens is 561 g/mol. The molecule has 4 rings (SSSR count). The third-order valence-electron chi connectivity index (χ3n) is 8.52. The molecule has 2 aliphatic heterocycles. The number of aliphatic carboxylic acids is 1. The van der Waals surface area contributed by atoms with Crippen molar-refractivity contribution in [1.29, 1.82) is 0 Å². The van der Waals surface area contributed by atoms with Crippen LogP contribution in [0.2, 0.25) is 0 Å². The summed E-state index contributed by atoms with van der Waals surface area (Å²) in [5.41, 5.74) is -0.327. The zero-order chi connectivity index (χ0) is 31.6. The number of nitrogens with one attached hydrogen (secondary N) is 2. The standard InChI is InChI=1S/C30H42FN5O7/c1-6-20-11-30(20,27(38)39)33-26(37)24-10-21(43-29(41)35-13-19-8-7-9-23(31)22(19)15-35)14-34(24)16-25(18(4)5)36(42)28(40)32-12-17(2)3/h6-9,17-18,20-21,24-25,42H,1,10-16H2,2-5H3,(H,32,40)(H,33,37)(H,38,39)/t20-,21-,24+,25?,30?/m1/s1. The van der Waals surface area contributed by atoms with Gasteiger partial charge in [0.15, 0.2) is 0 Å². The van der Waals surface area contributed by atoms with E-state index in [0.29, 0.717) is 22.7 Å². The van der Waals surface area contributed by atoms with E-state index in [0.717, 1.165) is 0 Å². The lowest BCUT2D eigenvalue weighted by Crippen LogP contribution is -2.56. The third-order valence-corrected chi connectivity index (χ3v) is 8.52. The smallest absolute Gasteiger partial charge is 0.410 e. The molecule has 2 unspecified atom stereocenters. The van der Waals surface area contributed by atoms with Gasteiger partial charge in [-0.2, -0.15) is 0 Å². The van der Waals surface area contributed by atoms with Crippen LogP contribution in [-0.4, -0.2) is 92.5 Å². The number of nitrogens with zero attached hydrogens (tertiary/aromatic N) is 3. The molecule has 5 atom stereocenters. The molecule has 2 heterocycles. The third kappa shape index (κ3) is 6.93. The van der Waals surface area contributed by atoms with Crippen LogP contribution in [0.15, 0.2) is 30.9 Å². The summed E-state index contributed by atoms with van der Waals surface area (Å²) in [6, 6.07) is 2.36. The molecule has 0 aromatic heterocycles. The molecular formula is C30H42FN5O7. The lowest BCUT2D eigenvalue weighted by Gasteiger charge is -2.34. The van der Waals surface area contributed by atoms with Crippen molar-refractivity contribution in [2.45, 2.75) is 77.4 Å². The molecule has 1 aromatic rings. The highest BCUT2D eigenvalue weighted by Gasteiger charge is 2.61. The quantitative estimate of drug-likeness (QED) is 0.171. The Labute approximate surface area is 250 Å². The van der Waals surface area contributed by atoms with Crippen LogP contribution in [0.25, 0.3) is 0 Å². The van der Waals surface area contributed by atoms with E-state index in [1.54, 1.807) is 17.0 Å². The maximum atomic E-state index is 14.2. The number of carbonyl (C=O) groups excluding carboxylic acids is 3. The van der Waals surface area contributed by atoms with Gasteiger partial charge >= 0.3 is 18.1 Å². The van der Waals surface area contributed by atoms with Gasteiger partial charge in [0.1, 0.15) is 17.5 Å². The van der Waals surface area contributed by atoms with Crippen LogP contribution in [0.4, 0.5) is 14.0 Å². The van der Waals surface area contributed by atoms with Crippen LogP contribution in [0, 0.1) is 23.6 Å². The van der Waals surface area contributed by atoms with Gasteiger partial charge in [0.05, 0.1) is 18.6 Å². The molecule has 2 fully saturated rings. The molecule has 4 N–H and O–H groups in total. The number of likely N-dealkylation sites (tertiary alicyclic amines) is 1. The average molecular weight is 604 g/mol. The summed E-state index contributed by atoms with van der Waals surface area (Å²) in [6.07, 6.45) is 0.369. The van der Waals surface area contributed by atoms with Crippen molar-refractivity contribution in [3.05, 3.63) is 47.8 Å². The van der Waals surface area contributed by atoms with Crippen LogP contribution >= 0.6 is 0 Å². The van der Waals surface area contributed by atoms with Crippen LogP contribution < -0.4 is 10.6 Å². The zero-order valence-electron chi connectivity index (χ0n) is 25.1. The predicted molar refractivity (Wildman–Crippen MR) is 153 cm³/mol. The average Bonchev–Trinajstić information content (AvgIpc) is 3.26. The minimum atomic E-state index is -1.46. The Balaban J connectivity index is 1.50. The summed E-state index contributed by atoms with van der Waals surface area (Å²) in [7, 11) is 0. The first-order chi connectivity index (χ1) is 20.3. The SMILES string of the molecule is C=C[C@@H]1CC1(NC(=O)[C@@H]1C[C@@H](OC(=O)N2Cc3cccc(F)c3C2)CN1CC(C(C)C)N(O)C(=O)NCC(C)C)C(=O)O. The van der Waals surface area contributed by atoms with Crippen molar-refractivity contribution < 1.29 is 38.6 Å². The Hall–Kier alpha value is -3.71. The van der Waals surface area contributed by atoms with E-state index in [1.165, 1.54) is 17.0 Å². The van der Waals surface area contributed by atoms with Crippen molar-refractivity contribution in [1.82, 2.24) is 25.5 Å². The lowest BCUT2D eigenvalue weighted by molar-refractivity contribution is -0.144. The molecule has 0 spiro atoms. The molecule has 1 saturated carbocycles. The maximum absolute atomic E-state index is 14.2. The zero-order valence-corrected chi connectivity index (χ0v) is 25.1. The minimum absolute atomic E-state index is 0.0563. The van der Waals surface area contributed by atoms with Gasteiger partial charge in [-0.3, -0.25) is 19.8 Å². The van der Waals surface area contributed by atoms with Gasteiger partial charge in [0.25, 0.3) is 0 Å². The number of hydrogen-bond acceptors (Lipinski definition) is 7. The van der Waals surface area contributed by atoms with E-state index in [1.807, 2.05) is 27.7 Å². The van der Waals surface area contributed by atoms with E-state index in [-0.39, 0.29) is 50.9 Å². The number of hydrogen-bond donors (Lipinski definition) is 4. The van der Waals surface area contributed by atoms with Crippen molar-refractivity contribution in [3.63, 3.8) is 0 Å². The highest BCUT2D eigenvalue weighted by molar-refractivity contribution is 5.93. The first kappa shape index (κ1) is 32.2. The first-order valence-electron chi connectivity index (χ1n) is 14.7. The van der Waals surface area contributed by atoms with E-state index in [2.05, 4.69) is 17.2 Å².